The number of carbonyl (C=O) groups is 1. The largest absolute Gasteiger partial charge is 0.478 e. The number of benzene rings is 1. The molecular formula is C14H11F3N2O2. The summed E-state index contributed by atoms with van der Waals surface area (Å²) in [5, 5.41) is 12.3. The van der Waals surface area contributed by atoms with E-state index in [9.17, 15) is 18.0 Å². The average molecular weight is 296 g/mol. The Morgan fingerprint density at radius 3 is 2.62 bits per heavy atom. The maximum absolute atomic E-state index is 12.5. The molecule has 0 bridgehead atoms. The first-order valence-electron chi connectivity index (χ1n) is 5.91. The molecule has 0 saturated carbocycles. The van der Waals surface area contributed by atoms with E-state index >= 15 is 0 Å². The number of rotatable bonds is 3. The maximum Gasteiger partial charge on any atom is 0.419 e. The van der Waals surface area contributed by atoms with E-state index in [1.54, 1.807) is 25.1 Å². The molecule has 0 spiro atoms. The summed E-state index contributed by atoms with van der Waals surface area (Å²) in [6.45, 7) is 1.71. The third-order valence-electron chi connectivity index (χ3n) is 2.80. The molecule has 0 aliphatic carbocycles. The quantitative estimate of drug-likeness (QED) is 0.884. The summed E-state index contributed by atoms with van der Waals surface area (Å²) >= 11 is 0. The summed E-state index contributed by atoms with van der Waals surface area (Å²) in [5.74, 6) is -1.07. The SMILES string of the molecule is Cc1cc(C=CC(=O)O)ccc1-n1cc(C(F)(F)F)cn1. The molecule has 2 aromatic rings. The molecule has 7 heteroatoms. The summed E-state index contributed by atoms with van der Waals surface area (Å²) in [7, 11) is 0. The molecule has 0 radical (unpaired) electrons. The number of aliphatic carboxylic acids is 1. The van der Waals surface area contributed by atoms with Crippen molar-refractivity contribution >= 4 is 12.0 Å². The number of alkyl halides is 3. The van der Waals surface area contributed by atoms with Crippen LogP contribution in [0.4, 0.5) is 13.2 Å². The van der Waals surface area contributed by atoms with E-state index in [0.29, 0.717) is 16.8 Å². The molecule has 1 aromatic carbocycles. The molecule has 21 heavy (non-hydrogen) atoms. The summed E-state index contributed by atoms with van der Waals surface area (Å²) < 4.78 is 38.8. The van der Waals surface area contributed by atoms with Crippen molar-refractivity contribution in [2.24, 2.45) is 0 Å². The summed E-state index contributed by atoms with van der Waals surface area (Å²) in [4.78, 5) is 10.4. The number of hydrogen-bond donors (Lipinski definition) is 1. The molecule has 0 saturated heterocycles. The van der Waals surface area contributed by atoms with Gasteiger partial charge in [-0.3, -0.25) is 0 Å². The van der Waals surface area contributed by atoms with E-state index in [1.807, 2.05) is 0 Å². The predicted molar refractivity (Wildman–Crippen MR) is 70.0 cm³/mol. The maximum atomic E-state index is 12.5. The van der Waals surface area contributed by atoms with Crippen LogP contribution in [0.3, 0.4) is 0 Å². The fourth-order valence-corrected chi connectivity index (χ4v) is 1.81. The Morgan fingerprint density at radius 2 is 2.10 bits per heavy atom. The van der Waals surface area contributed by atoms with Crippen molar-refractivity contribution in [2.75, 3.05) is 0 Å². The molecule has 0 atom stereocenters. The minimum absolute atomic E-state index is 0.498. The lowest BCUT2D eigenvalue weighted by molar-refractivity contribution is -0.137. The molecule has 1 heterocycles. The number of aryl methyl sites for hydroxylation is 1. The minimum atomic E-state index is -4.43. The van der Waals surface area contributed by atoms with Gasteiger partial charge in [-0.05, 0) is 36.3 Å². The normalized spacial score (nSPS) is 12.0. The highest BCUT2D eigenvalue weighted by Crippen LogP contribution is 2.29. The number of hydrogen-bond acceptors (Lipinski definition) is 2. The van der Waals surface area contributed by atoms with Crippen LogP contribution in [-0.4, -0.2) is 20.9 Å². The second-order valence-electron chi connectivity index (χ2n) is 4.39. The van der Waals surface area contributed by atoms with E-state index in [1.165, 1.54) is 6.08 Å². The smallest absolute Gasteiger partial charge is 0.419 e. The first-order valence-corrected chi connectivity index (χ1v) is 5.91. The molecule has 0 fully saturated rings. The van der Waals surface area contributed by atoms with Crippen molar-refractivity contribution in [2.45, 2.75) is 13.1 Å². The van der Waals surface area contributed by atoms with Crippen LogP contribution in [0.1, 0.15) is 16.7 Å². The summed E-state index contributed by atoms with van der Waals surface area (Å²) in [6.07, 6.45) is -0.365. The number of nitrogens with zero attached hydrogens (tertiary/aromatic N) is 2. The molecule has 1 aromatic heterocycles. The van der Waals surface area contributed by atoms with Crippen LogP contribution in [0.2, 0.25) is 0 Å². The Bertz CT molecular complexity index is 702. The predicted octanol–water partition coefficient (Wildman–Crippen LogP) is 3.30. The zero-order valence-corrected chi connectivity index (χ0v) is 10.9. The first-order chi connectivity index (χ1) is 9.77. The summed E-state index contributed by atoms with van der Waals surface area (Å²) in [5.41, 5.74) is 0.996. The Morgan fingerprint density at radius 1 is 1.38 bits per heavy atom. The van der Waals surface area contributed by atoms with Gasteiger partial charge in [-0.15, -0.1) is 0 Å². The molecule has 0 aliphatic rings. The topological polar surface area (TPSA) is 55.1 Å². The van der Waals surface area contributed by atoms with E-state index in [-0.39, 0.29) is 0 Å². The first kappa shape index (κ1) is 14.8. The zero-order valence-electron chi connectivity index (χ0n) is 10.9. The van der Waals surface area contributed by atoms with Gasteiger partial charge in [0.05, 0.1) is 17.4 Å². The lowest BCUT2D eigenvalue weighted by atomic mass is 10.1. The standard InChI is InChI=1S/C14H11F3N2O2/c1-9-6-10(3-5-13(20)21)2-4-12(9)19-8-11(7-18-19)14(15,16)17/h2-8H,1H3,(H,20,21). The highest BCUT2D eigenvalue weighted by atomic mass is 19.4. The van der Waals surface area contributed by atoms with Crippen molar-refractivity contribution < 1.29 is 23.1 Å². The molecule has 110 valence electrons. The van der Waals surface area contributed by atoms with Crippen molar-refractivity contribution in [3.63, 3.8) is 0 Å². The Hall–Kier alpha value is -2.57. The van der Waals surface area contributed by atoms with Crippen LogP contribution in [0.25, 0.3) is 11.8 Å². The number of carboxylic acids is 1. The molecule has 2 rings (SSSR count). The number of aromatic nitrogens is 2. The van der Waals surface area contributed by atoms with E-state index in [0.717, 1.165) is 23.2 Å². The van der Waals surface area contributed by atoms with E-state index in [4.69, 9.17) is 5.11 Å². The van der Waals surface area contributed by atoms with Gasteiger partial charge in [0, 0.05) is 12.3 Å². The Kier molecular flexibility index (Phi) is 3.84. The van der Waals surface area contributed by atoms with Crippen LogP contribution in [0.5, 0.6) is 0 Å². The van der Waals surface area contributed by atoms with Gasteiger partial charge in [0.25, 0.3) is 0 Å². The molecule has 4 nitrogen and oxygen atoms in total. The Labute approximate surface area is 118 Å². The highest BCUT2D eigenvalue weighted by molar-refractivity contribution is 5.85. The second kappa shape index (κ2) is 5.43. The van der Waals surface area contributed by atoms with Gasteiger partial charge in [-0.25, -0.2) is 9.48 Å². The minimum Gasteiger partial charge on any atom is -0.478 e. The average Bonchev–Trinajstić information content (AvgIpc) is 2.85. The monoisotopic (exact) mass is 296 g/mol. The molecular weight excluding hydrogens is 285 g/mol. The molecule has 0 unspecified atom stereocenters. The van der Waals surface area contributed by atoms with Gasteiger partial charge in [0.15, 0.2) is 0 Å². The molecule has 0 amide bonds. The van der Waals surface area contributed by atoms with Crippen molar-refractivity contribution in [3.8, 4) is 5.69 Å². The third-order valence-corrected chi connectivity index (χ3v) is 2.80. The van der Waals surface area contributed by atoms with Gasteiger partial charge < -0.3 is 5.11 Å². The van der Waals surface area contributed by atoms with Crippen LogP contribution in [0.15, 0.2) is 36.7 Å². The number of carboxylic acid groups (broad SMARTS) is 1. The van der Waals surface area contributed by atoms with Gasteiger partial charge >= 0.3 is 12.1 Å². The van der Waals surface area contributed by atoms with E-state index in [2.05, 4.69) is 5.10 Å². The van der Waals surface area contributed by atoms with Crippen molar-refractivity contribution in [1.29, 1.82) is 0 Å². The fraction of sp³-hybridized carbons (Fsp3) is 0.143. The Balaban J connectivity index is 2.33. The van der Waals surface area contributed by atoms with Gasteiger partial charge in [0.1, 0.15) is 0 Å². The zero-order chi connectivity index (χ0) is 15.6. The van der Waals surface area contributed by atoms with Gasteiger partial charge in [-0.2, -0.15) is 18.3 Å². The van der Waals surface area contributed by atoms with Crippen LogP contribution in [0, 0.1) is 6.92 Å². The van der Waals surface area contributed by atoms with Crippen LogP contribution >= 0.6 is 0 Å². The van der Waals surface area contributed by atoms with Gasteiger partial charge in [0.2, 0.25) is 0 Å². The number of halogens is 3. The van der Waals surface area contributed by atoms with Crippen molar-refractivity contribution in [3.05, 3.63) is 53.4 Å². The van der Waals surface area contributed by atoms with Crippen LogP contribution < -0.4 is 0 Å². The highest BCUT2D eigenvalue weighted by Gasteiger charge is 2.32. The van der Waals surface area contributed by atoms with Crippen LogP contribution in [-0.2, 0) is 11.0 Å². The molecule has 1 N–H and O–H groups in total. The lowest BCUT2D eigenvalue weighted by Gasteiger charge is -2.07. The van der Waals surface area contributed by atoms with Crippen molar-refractivity contribution in [1.82, 2.24) is 9.78 Å². The third kappa shape index (κ3) is 3.50. The second-order valence-corrected chi connectivity index (χ2v) is 4.39. The lowest BCUT2D eigenvalue weighted by Crippen LogP contribution is -2.03. The molecule has 0 aliphatic heterocycles. The summed E-state index contributed by atoms with van der Waals surface area (Å²) in [6, 6.07) is 4.87. The van der Waals surface area contributed by atoms with E-state index < -0.39 is 17.7 Å². The fourth-order valence-electron chi connectivity index (χ4n) is 1.81. The van der Waals surface area contributed by atoms with Gasteiger partial charge in [-0.1, -0.05) is 6.07 Å².